The van der Waals surface area contributed by atoms with E-state index in [1.165, 1.54) is 12.8 Å². The third-order valence-corrected chi connectivity index (χ3v) is 1.83. The van der Waals surface area contributed by atoms with E-state index in [2.05, 4.69) is 10.6 Å². The number of hydrogen-bond acceptors (Lipinski definition) is 3. The zero-order valence-electron chi connectivity index (χ0n) is 6.63. The largest absolute Gasteiger partial charge is 0.480 e. The Kier molecular flexibility index (Phi) is 2.84. The fourth-order valence-corrected chi connectivity index (χ4v) is 0.885. The van der Waals surface area contributed by atoms with Gasteiger partial charge in [-0.1, -0.05) is 0 Å². The molecule has 1 aliphatic carbocycles. The van der Waals surface area contributed by atoms with Gasteiger partial charge in [0.15, 0.2) is 0 Å². The van der Waals surface area contributed by atoms with E-state index in [4.69, 9.17) is 5.11 Å². The quantitative estimate of drug-likeness (QED) is 0.500. The minimum atomic E-state index is -0.791. The van der Waals surface area contributed by atoms with Crippen molar-refractivity contribution in [2.45, 2.75) is 24.9 Å². The van der Waals surface area contributed by atoms with E-state index >= 15 is 0 Å². The van der Waals surface area contributed by atoms with Crippen LogP contribution in [0.3, 0.4) is 0 Å². The second kappa shape index (κ2) is 3.69. The van der Waals surface area contributed by atoms with Crippen molar-refractivity contribution < 1.29 is 9.90 Å². The Balaban J connectivity index is 2.13. The van der Waals surface area contributed by atoms with Crippen LogP contribution in [0.1, 0.15) is 12.8 Å². The molecule has 1 atom stereocenters. The summed E-state index contributed by atoms with van der Waals surface area (Å²) in [4.78, 5) is 10.5. The van der Waals surface area contributed by atoms with Crippen molar-refractivity contribution in [1.82, 2.24) is 10.6 Å². The summed E-state index contributed by atoms with van der Waals surface area (Å²) in [5, 5.41) is 14.5. The highest BCUT2D eigenvalue weighted by Crippen LogP contribution is 2.18. The van der Waals surface area contributed by atoms with Gasteiger partial charge in [-0.2, -0.15) is 0 Å². The number of carbonyl (C=O) groups is 1. The fraction of sp³-hybridized carbons (Fsp3) is 0.857. The second-order valence-corrected chi connectivity index (χ2v) is 2.86. The Labute approximate surface area is 66.0 Å². The molecule has 1 rings (SSSR count). The van der Waals surface area contributed by atoms with Gasteiger partial charge in [-0.25, -0.2) is 0 Å². The van der Waals surface area contributed by atoms with Crippen molar-refractivity contribution in [3.63, 3.8) is 0 Å². The molecular formula is C7H14N2O2. The van der Waals surface area contributed by atoms with Crippen molar-refractivity contribution in [2.24, 2.45) is 0 Å². The van der Waals surface area contributed by atoms with Crippen LogP contribution in [0.25, 0.3) is 0 Å². The Morgan fingerprint density at radius 1 is 1.73 bits per heavy atom. The van der Waals surface area contributed by atoms with Gasteiger partial charge in [-0.05, 0) is 19.9 Å². The summed E-state index contributed by atoms with van der Waals surface area (Å²) in [5.74, 6) is -0.791. The molecule has 4 nitrogen and oxygen atoms in total. The molecule has 0 heterocycles. The van der Waals surface area contributed by atoms with Crippen LogP contribution >= 0.6 is 0 Å². The monoisotopic (exact) mass is 158 g/mol. The Hall–Kier alpha value is -0.610. The first-order valence-electron chi connectivity index (χ1n) is 3.87. The molecule has 4 heteroatoms. The van der Waals surface area contributed by atoms with E-state index in [1.54, 1.807) is 7.05 Å². The van der Waals surface area contributed by atoms with E-state index in [1.807, 2.05) is 0 Å². The average molecular weight is 158 g/mol. The van der Waals surface area contributed by atoms with Gasteiger partial charge in [0.25, 0.3) is 0 Å². The lowest BCUT2D eigenvalue weighted by molar-refractivity contribution is -0.139. The van der Waals surface area contributed by atoms with Crippen molar-refractivity contribution >= 4 is 5.97 Å². The van der Waals surface area contributed by atoms with Gasteiger partial charge in [0.1, 0.15) is 6.04 Å². The molecule has 0 aromatic heterocycles. The number of likely N-dealkylation sites (N-methyl/N-ethyl adjacent to an activating group) is 1. The first-order chi connectivity index (χ1) is 5.24. The molecule has 0 aromatic rings. The molecule has 0 saturated heterocycles. The first-order valence-corrected chi connectivity index (χ1v) is 3.87. The van der Waals surface area contributed by atoms with Gasteiger partial charge in [-0.15, -0.1) is 0 Å². The Bertz CT molecular complexity index is 145. The summed E-state index contributed by atoms with van der Waals surface area (Å²) in [5.41, 5.74) is 0. The molecule has 3 N–H and O–H groups in total. The van der Waals surface area contributed by atoms with Crippen molar-refractivity contribution in [3.8, 4) is 0 Å². The van der Waals surface area contributed by atoms with Crippen molar-refractivity contribution in [2.75, 3.05) is 13.6 Å². The minimum Gasteiger partial charge on any atom is -0.480 e. The smallest absolute Gasteiger partial charge is 0.322 e. The number of aliphatic carboxylic acids is 1. The first kappa shape index (κ1) is 8.49. The molecule has 1 unspecified atom stereocenters. The van der Waals surface area contributed by atoms with E-state index < -0.39 is 12.0 Å². The normalized spacial score (nSPS) is 19.7. The van der Waals surface area contributed by atoms with Crippen LogP contribution in [0.15, 0.2) is 0 Å². The maximum atomic E-state index is 10.5. The van der Waals surface area contributed by atoms with Gasteiger partial charge >= 0.3 is 5.97 Å². The maximum Gasteiger partial charge on any atom is 0.322 e. The van der Waals surface area contributed by atoms with Crippen LogP contribution in [0.4, 0.5) is 0 Å². The van der Waals surface area contributed by atoms with E-state index in [0.29, 0.717) is 12.6 Å². The van der Waals surface area contributed by atoms with Gasteiger partial charge in [0, 0.05) is 12.6 Å². The Morgan fingerprint density at radius 3 is 2.73 bits per heavy atom. The summed E-state index contributed by atoms with van der Waals surface area (Å²) in [7, 11) is 1.66. The maximum absolute atomic E-state index is 10.5. The lowest BCUT2D eigenvalue weighted by atomic mass is 10.3. The van der Waals surface area contributed by atoms with Crippen molar-refractivity contribution in [3.05, 3.63) is 0 Å². The summed E-state index contributed by atoms with van der Waals surface area (Å²) < 4.78 is 0. The number of hydrogen-bond donors (Lipinski definition) is 3. The highest BCUT2D eigenvalue weighted by molar-refractivity contribution is 5.73. The van der Waals surface area contributed by atoms with Gasteiger partial charge < -0.3 is 15.7 Å². The lowest BCUT2D eigenvalue weighted by Gasteiger charge is -2.10. The molecule has 1 aliphatic rings. The number of nitrogens with one attached hydrogen (secondary N) is 2. The lowest BCUT2D eigenvalue weighted by Crippen LogP contribution is -2.43. The van der Waals surface area contributed by atoms with Gasteiger partial charge in [0.05, 0.1) is 0 Å². The molecule has 0 spiro atoms. The third-order valence-electron chi connectivity index (χ3n) is 1.83. The van der Waals surface area contributed by atoms with E-state index in [9.17, 15) is 4.79 Å². The van der Waals surface area contributed by atoms with Gasteiger partial charge in [0.2, 0.25) is 0 Å². The summed E-state index contributed by atoms with van der Waals surface area (Å²) in [6.45, 7) is 0.524. The highest BCUT2D eigenvalue weighted by Gasteiger charge is 2.23. The van der Waals surface area contributed by atoms with Crippen LogP contribution in [-0.4, -0.2) is 36.8 Å². The average Bonchev–Trinajstić information content (AvgIpc) is 2.72. The highest BCUT2D eigenvalue weighted by atomic mass is 16.4. The molecule has 11 heavy (non-hydrogen) atoms. The predicted octanol–water partition coefficient (Wildman–Crippen LogP) is -0.589. The molecule has 0 radical (unpaired) electrons. The molecule has 1 fully saturated rings. The number of carboxylic acid groups (broad SMARTS) is 1. The standard InChI is InChI=1S/C7H14N2O2/c1-8-6(7(10)11)4-9-5-2-3-5/h5-6,8-9H,2-4H2,1H3,(H,10,11). The van der Waals surface area contributed by atoms with Crippen molar-refractivity contribution in [1.29, 1.82) is 0 Å². The van der Waals surface area contributed by atoms with E-state index in [-0.39, 0.29) is 0 Å². The number of rotatable bonds is 5. The minimum absolute atomic E-state index is 0.449. The topological polar surface area (TPSA) is 61.4 Å². The zero-order chi connectivity index (χ0) is 8.27. The summed E-state index contributed by atoms with van der Waals surface area (Å²) >= 11 is 0. The summed E-state index contributed by atoms with van der Waals surface area (Å²) in [6, 6.07) is 0.126. The number of carboxylic acids is 1. The van der Waals surface area contributed by atoms with Gasteiger partial charge in [-0.3, -0.25) is 4.79 Å². The molecule has 64 valence electrons. The predicted molar refractivity (Wildman–Crippen MR) is 41.5 cm³/mol. The second-order valence-electron chi connectivity index (χ2n) is 2.86. The Morgan fingerprint density at radius 2 is 2.36 bits per heavy atom. The fourth-order valence-electron chi connectivity index (χ4n) is 0.885. The molecule has 0 amide bonds. The molecule has 0 aliphatic heterocycles. The van der Waals surface area contributed by atoms with Crippen LogP contribution in [-0.2, 0) is 4.79 Å². The van der Waals surface area contributed by atoms with Crippen LogP contribution in [0.2, 0.25) is 0 Å². The molecule has 0 aromatic carbocycles. The SMILES string of the molecule is CNC(CNC1CC1)C(=O)O. The zero-order valence-corrected chi connectivity index (χ0v) is 6.63. The molecular weight excluding hydrogens is 144 g/mol. The van der Waals surface area contributed by atoms with Crippen LogP contribution in [0.5, 0.6) is 0 Å². The van der Waals surface area contributed by atoms with Crippen LogP contribution < -0.4 is 10.6 Å². The van der Waals surface area contributed by atoms with Crippen LogP contribution in [0, 0.1) is 0 Å². The molecule has 1 saturated carbocycles. The van der Waals surface area contributed by atoms with E-state index in [0.717, 1.165) is 0 Å². The third kappa shape index (κ3) is 2.86. The summed E-state index contributed by atoms with van der Waals surface area (Å²) in [6.07, 6.45) is 2.38. The molecule has 0 bridgehead atoms.